The summed E-state index contributed by atoms with van der Waals surface area (Å²) in [6.45, 7) is 3.52. The second-order valence-corrected chi connectivity index (χ2v) is 4.26. The molecule has 1 aromatic rings. The molecular weight excluding hydrogens is 226 g/mol. The van der Waals surface area contributed by atoms with Gasteiger partial charge in [-0.2, -0.15) is 0 Å². The Hall–Kier alpha value is -1.06. The Balaban J connectivity index is 2.59. The number of aliphatic hydroxyl groups excluding tert-OH is 1. The first-order valence-electron chi connectivity index (χ1n) is 5.23. The fourth-order valence-corrected chi connectivity index (χ4v) is 1.47. The molecule has 0 fully saturated rings. The molecule has 0 aliphatic heterocycles. The number of carbonyl (C=O) groups is 1. The summed E-state index contributed by atoms with van der Waals surface area (Å²) < 4.78 is 0. The van der Waals surface area contributed by atoms with Gasteiger partial charge in [0.1, 0.15) is 0 Å². The summed E-state index contributed by atoms with van der Waals surface area (Å²) in [6.07, 6.45) is 0.320. The number of halogens is 1. The number of carbonyl (C=O) groups excluding carboxylic acids is 1. The van der Waals surface area contributed by atoms with Crippen molar-refractivity contribution in [3.05, 3.63) is 28.8 Å². The number of aliphatic hydroxyl groups is 1. The molecule has 88 valence electrons. The molecule has 1 rings (SSSR count). The van der Waals surface area contributed by atoms with E-state index >= 15 is 0 Å². The summed E-state index contributed by atoms with van der Waals surface area (Å²) in [5.74, 6) is -0.105. The lowest BCUT2D eigenvalue weighted by molar-refractivity contribution is -0.116. The van der Waals surface area contributed by atoms with E-state index in [1.807, 2.05) is 13.0 Å². The van der Waals surface area contributed by atoms with E-state index in [1.165, 1.54) is 0 Å². The normalized spacial score (nSPS) is 12.2. The summed E-state index contributed by atoms with van der Waals surface area (Å²) in [5.41, 5.74) is 1.58. The van der Waals surface area contributed by atoms with E-state index < -0.39 is 6.10 Å². The number of anilines is 1. The highest BCUT2D eigenvalue weighted by Crippen LogP contribution is 2.23. The van der Waals surface area contributed by atoms with Crippen LogP contribution in [0.25, 0.3) is 0 Å². The summed E-state index contributed by atoms with van der Waals surface area (Å²) in [6, 6.07) is 5.38. The third-order valence-corrected chi connectivity index (χ3v) is 2.74. The Labute approximate surface area is 100 Å². The second-order valence-electron chi connectivity index (χ2n) is 3.85. The fraction of sp³-hybridized carbons (Fsp3) is 0.417. The highest BCUT2D eigenvalue weighted by Gasteiger charge is 2.07. The lowest BCUT2D eigenvalue weighted by Gasteiger charge is -2.09. The second kappa shape index (κ2) is 5.87. The molecule has 1 amide bonds. The molecule has 16 heavy (non-hydrogen) atoms. The quantitative estimate of drug-likeness (QED) is 0.852. The zero-order valence-electron chi connectivity index (χ0n) is 9.46. The molecule has 0 saturated heterocycles. The van der Waals surface area contributed by atoms with Crippen molar-refractivity contribution in [2.24, 2.45) is 0 Å². The molecule has 0 saturated carbocycles. The van der Waals surface area contributed by atoms with Crippen LogP contribution < -0.4 is 5.32 Å². The van der Waals surface area contributed by atoms with Gasteiger partial charge in [-0.05, 0) is 38.0 Å². The van der Waals surface area contributed by atoms with Gasteiger partial charge in [-0.3, -0.25) is 4.79 Å². The van der Waals surface area contributed by atoms with Crippen molar-refractivity contribution in [3.63, 3.8) is 0 Å². The minimum Gasteiger partial charge on any atom is -0.393 e. The summed E-state index contributed by atoms with van der Waals surface area (Å²) in [5, 5.41) is 12.5. The molecule has 0 heterocycles. The van der Waals surface area contributed by atoms with Crippen LogP contribution in [-0.2, 0) is 4.79 Å². The third-order valence-electron chi connectivity index (χ3n) is 2.33. The lowest BCUT2D eigenvalue weighted by atomic mass is 10.1. The van der Waals surface area contributed by atoms with Gasteiger partial charge in [0.25, 0.3) is 0 Å². The van der Waals surface area contributed by atoms with Crippen LogP contribution in [0.15, 0.2) is 18.2 Å². The first-order chi connectivity index (χ1) is 7.50. The van der Waals surface area contributed by atoms with E-state index in [1.54, 1.807) is 19.1 Å². The van der Waals surface area contributed by atoms with Crippen LogP contribution in [0.4, 0.5) is 5.69 Å². The third kappa shape index (κ3) is 3.83. The van der Waals surface area contributed by atoms with Crippen molar-refractivity contribution in [2.75, 3.05) is 5.32 Å². The van der Waals surface area contributed by atoms with Crippen molar-refractivity contribution in [3.8, 4) is 0 Å². The SMILES string of the molecule is Cc1c(Cl)cccc1NC(=O)CCC(C)O. The number of hydrogen-bond donors (Lipinski definition) is 2. The highest BCUT2D eigenvalue weighted by molar-refractivity contribution is 6.31. The van der Waals surface area contributed by atoms with Crippen LogP contribution in [-0.4, -0.2) is 17.1 Å². The van der Waals surface area contributed by atoms with E-state index in [0.29, 0.717) is 17.9 Å². The molecule has 0 spiro atoms. The number of rotatable bonds is 4. The molecule has 0 aliphatic carbocycles. The van der Waals surface area contributed by atoms with Crippen molar-refractivity contribution in [2.45, 2.75) is 32.8 Å². The Bertz CT molecular complexity index is 377. The molecule has 0 aromatic heterocycles. The maximum absolute atomic E-state index is 11.5. The van der Waals surface area contributed by atoms with Crippen molar-refractivity contribution < 1.29 is 9.90 Å². The number of benzene rings is 1. The summed E-state index contributed by atoms with van der Waals surface area (Å²) in [7, 11) is 0. The van der Waals surface area contributed by atoms with Gasteiger partial charge in [0.15, 0.2) is 0 Å². The van der Waals surface area contributed by atoms with E-state index in [-0.39, 0.29) is 5.91 Å². The van der Waals surface area contributed by atoms with Crippen LogP contribution in [0.5, 0.6) is 0 Å². The maximum Gasteiger partial charge on any atom is 0.224 e. The van der Waals surface area contributed by atoms with Crippen LogP contribution >= 0.6 is 11.6 Å². The van der Waals surface area contributed by atoms with Crippen molar-refractivity contribution >= 4 is 23.2 Å². The van der Waals surface area contributed by atoms with E-state index in [2.05, 4.69) is 5.32 Å². The average Bonchev–Trinajstić information content (AvgIpc) is 2.22. The first-order valence-corrected chi connectivity index (χ1v) is 5.61. The highest BCUT2D eigenvalue weighted by atomic mass is 35.5. The minimum atomic E-state index is -0.453. The Morgan fingerprint density at radius 2 is 2.25 bits per heavy atom. The van der Waals surface area contributed by atoms with Gasteiger partial charge in [-0.25, -0.2) is 0 Å². The van der Waals surface area contributed by atoms with E-state index in [0.717, 1.165) is 11.3 Å². The monoisotopic (exact) mass is 241 g/mol. The van der Waals surface area contributed by atoms with Gasteiger partial charge < -0.3 is 10.4 Å². The minimum absolute atomic E-state index is 0.105. The average molecular weight is 242 g/mol. The Morgan fingerprint density at radius 1 is 1.56 bits per heavy atom. The van der Waals surface area contributed by atoms with E-state index in [4.69, 9.17) is 16.7 Å². The predicted molar refractivity (Wildman–Crippen MR) is 65.7 cm³/mol. The predicted octanol–water partition coefficient (Wildman–Crippen LogP) is 2.75. The summed E-state index contributed by atoms with van der Waals surface area (Å²) in [4.78, 5) is 11.5. The molecule has 1 atom stereocenters. The molecule has 2 N–H and O–H groups in total. The zero-order chi connectivity index (χ0) is 12.1. The smallest absolute Gasteiger partial charge is 0.224 e. The molecular formula is C12H16ClNO2. The van der Waals surface area contributed by atoms with Crippen LogP contribution in [0.2, 0.25) is 5.02 Å². The van der Waals surface area contributed by atoms with E-state index in [9.17, 15) is 4.79 Å². The van der Waals surface area contributed by atoms with Gasteiger partial charge in [0.2, 0.25) is 5.91 Å². The number of nitrogens with one attached hydrogen (secondary N) is 1. The van der Waals surface area contributed by atoms with Gasteiger partial charge >= 0.3 is 0 Å². The fourth-order valence-electron chi connectivity index (χ4n) is 1.30. The standard InChI is InChI=1S/C12H16ClNO2/c1-8(15)6-7-12(16)14-11-5-3-4-10(13)9(11)2/h3-5,8,15H,6-7H2,1-2H3,(H,14,16). The van der Waals surface area contributed by atoms with Crippen LogP contribution in [0.1, 0.15) is 25.3 Å². The molecule has 3 nitrogen and oxygen atoms in total. The molecule has 0 radical (unpaired) electrons. The van der Waals surface area contributed by atoms with Gasteiger partial charge in [-0.1, -0.05) is 17.7 Å². The van der Waals surface area contributed by atoms with Crippen LogP contribution in [0.3, 0.4) is 0 Å². The molecule has 0 aliphatic rings. The molecule has 1 unspecified atom stereocenters. The van der Waals surface area contributed by atoms with Crippen LogP contribution in [0, 0.1) is 6.92 Å². The Kier molecular flexibility index (Phi) is 4.77. The zero-order valence-corrected chi connectivity index (χ0v) is 10.2. The Morgan fingerprint density at radius 3 is 2.88 bits per heavy atom. The molecule has 0 bridgehead atoms. The van der Waals surface area contributed by atoms with Gasteiger partial charge in [0.05, 0.1) is 6.10 Å². The van der Waals surface area contributed by atoms with Gasteiger partial charge in [-0.15, -0.1) is 0 Å². The maximum atomic E-state index is 11.5. The number of amides is 1. The van der Waals surface area contributed by atoms with Crippen molar-refractivity contribution in [1.82, 2.24) is 0 Å². The topological polar surface area (TPSA) is 49.3 Å². The number of hydrogen-bond acceptors (Lipinski definition) is 2. The van der Waals surface area contributed by atoms with Crippen molar-refractivity contribution in [1.29, 1.82) is 0 Å². The first kappa shape index (κ1) is 13.0. The van der Waals surface area contributed by atoms with Gasteiger partial charge in [0, 0.05) is 17.1 Å². The lowest BCUT2D eigenvalue weighted by Crippen LogP contribution is -2.14. The largest absolute Gasteiger partial charge is 0.393 e. The summed E-state index contributed by atoms with van der Waals surface area (Å²) >= 11 is 5.93. The molecule has 1 aromatic carbocycles. The molecule has 4 heteroatoms.